The van der Waals surface area contributed by atoms with Gasteiger partial charge in [0, 0.05) is 46.7 Å². The fourth-order valence-electron chi connectivity index (χ4n) is 1.77. The van der Waals surface area contributed by atoms with Gasteiger partial charge in [0.2, 0.25) is 0 Å². The van der Waals surface area contributed by atoms with E-state index in [9.17, 15) is 0 Å². The highest BCUT2D eigenvalue weighted by Crippen LogP contribution is 2.26. The Labute approximate surface area is 119 Å². The van der Waals surface area contributed by atoms with E-state index in [4.69, 9.17) is 26.8 Å². The summed E-state index contributed by atoms with van der Waals surface area (Å²) in [5.74, 6) is 0.762. The van der Waals surface area contributed by atoms with E-state index in [2.05, 4.69) is 9.88 Å². The second-order valence-electron chi connectivity index (χ2n) is 4.14. The van der Waals surface area contributed by atoms with Gasteiger partial charge in [-0.1, -0.05) is 11.6 Å². The highest BCUT2D eigenvalue weighted by molar-refractivity contribution is 6.33. The first-order valence-corrected chi connectivity index (χ1v) is 6.68. The van der Waals surface area contributed by atoms with Crippen LogP contribution >= 0.6 is 11.6 Å². The van der Waals surface area contributed by atoms with Crippen molar-refractivity contribution < 1.29 is 9.47 Å². The summed E-state index contributed by atoms with van der Waals surface area (Å²) in [7, 11) is 3.37. The van der Waals surface area contributed by atoms with Gasteiger partial charge >= 0.3 is 0 Å². The third kappa shape index (κ3) is 4.95. The quantitative estimate of drug-likeness (QED) is 0.700. The Morgan fingerprint density at radius 1 is 1.26 bits per heavy atom. The van der Waals surface area contributed by atoms with Gasteiger partial charge in [0.15, 0.2) is 0 Å². The molecule has 6 heteroatoms. The van der Waals surface area contributed by atoms with Crippen molar-refractivity contribution in [1.82, 2.24) is 4.98 Å². The van der Waals surface area contributed by atoms with Crippen molar-refractivity contribution in [3.05, 3.63) is 22.8 Å². The standard InChI is InChI=1S/C13H22ClN3O2/c1-18-8-3-6-17(7-9-19-2)13-12(14)11(10-15)4-5-16-13/h4-5H,3,6-10,15H2,1-2H3. The normalized spacial score (nSPS) is 10.7. The molecule has 0 saturated heterocycles. The van der Waals surface area contributed by atoms with Crippen LogP contribution in [0.4, 0.5) is 5.82 Å². The van der Waals surface area contributed by atoms with E-state index in [-0.39, 0.29) is 0 Å². The lowest BCUT2D eigenvalue weighted by atomic mass is 10.2. The number of pyridine rings is 1. The molecule has 0 saturated carbocycles. The average molecular weight is 288 g/mol. The summed E-state index contributed by atoms with van der Waals surface area (Å²) in [4.78, 5) is 6.46. The first-order chi connectivity index (χ1) is 9.24. The zero-order valence-corrected chi connectivity index (χ0v) is 12.3. The largest absolute Gasteiger partial charge is 0.385 e. The van der Waals surface area contributed by atoms with Crippen LogP contribution in [-0.4, -0.2) is 45.5 Å². The van der Waals surface area contributed by atoms with Crippen LogP contribution in [0.3, 0.4) is 0 Å². The van der Waals surface area contributed by atoms with E-state index in [0.717, 1.165) is 30.9 Å². The smallest absolute Gasteiger partial charge is 0.147 e. The zero-order chi connectivity index (χ0) is 14.1. The van der Waals surface area contributed by atoms with Gasteiger partial charge in [-0.3, -0.25) is 0 Å². The number of aromatic nitrogens is 1. The van der Waals surface area contributed by atoms with Crippen LogP contribution in [-0.2, 0) is 16.0 Å². The minimum atomic E-state index is 0.407. The number of rotatable bonds is 9. The molecular formula is C13H22ClN3O2. The third-order valence-electron chi connectivity index (χ3n) is 2.81. The summed E-state index contributed by atoms with van der Waals surface area (Å²) in [6, 6.07) is 1.84. The van der Waals surface area contributed by atoms with E-state index < -0.39 is 0 Å². The Hall–Kier alpha value is -0.880. The third-order valence-corrected chi connectivity index (χ3v) is 3.22. The maximum Gasteiger partial charge on any atom is 0.147 e. The van der Waals surface area contributed by atoms with E-state index in [1.165, 1.54) is 0 Å². The van der Waals surface area contributed by atoms with Crippen LogP contribution in [0.1, 0.15) is 12.0 Å². The van der Waals surface area contributed by atoms with Crippen molar-refractivity contribution in [3.8, 4) is 0 Å². The molecule has 0 aliphatic carbocycles. The van der Waals surface area contributed by atoms with Crippen molar-refractivity contribution >= 4 is 17.4 Å². The SMILES string of the molecule is COCCCN(CCOC)c1nccc(CN)c1Cl. The number of halogens is 1. The molecule has 1 aromatic heterocycles. The molecule has 0 spiro atoms. The summed E-state index contributed by atoms with van der Waals surface area (Å²) in [5, 5.41) is 0.624. The molecule has 0 aromatic carbocycles. The lowest BCUT2D eigenvalue weighted by Gasteiger charge is -2.25. The van der Waals surface area contributed by atoms with Crippen LogP contribution in [0.2, 0.25) is 5.02 Å². The van der Waals surface area contributed by atoms with Crippen molar-refractivity contribution in [2.45, 2.75) is 13.0 Å². The van der Waals surface area contributed by atoms with Gasteiger partial charge in [0.05, 0.1) is 11.6 Å². The average Bonchev–Trinajstić information content (AvgIpc) is 2.43. The number of hydrogen-bond acceptors (Lipinski definition) is 5. The molecule has 5 nitrogen and oxygen atoms in total. The molecule has 0 aliphatic heterocycles. The molecule has 0 amide bonds. The van der Waals surface area contributed by atoms with Gasteiger partial charge < -0.3 is 20.1 Å². The van der Waals surface area contributed by atoms with E-state index in [0.29, 0.717) is 24.8 Å². The van der Waals surface area contributed by atoms with Gasteiger partial charge in [-0.2, -0.15) is 0 Å². The fraction of sp³-hybridized carbons (Fsp3) is 0.615. The topological polar surface area (TPSA) is 60.6 Å². The summed E-state index contributed by atoms with van der Waals surface area (Å²) >= 11 is 6.34. The Balaban J connectivity index is 2.82. The van der Waals surface area contributed by atoms with Crippen LogP contribution in [0.25, 0.3) is 0 Å². The van der Waals surface area contributed by atoms with Crippen LogP contribution in [0.5, 0.6) is 0 Å². The fourth-order valence-corrected chi connectivity index (χ4v) is 2.08. The highest BCUT2D eigenvalue weighted by Gasteiger charge is 2.14. The molecule has 19 heavy (non-hydrogen) atoms. The monoisotopic (exact) mass is 287 g/mol. The van der Waals surface area contributed by atoms with Gasteiger partial charge in [0.1, 0.15) is 5.82 Å². The molecule has 108 valence electrons. The molecular weight excluding hydrogens is 266 g/mol. The minimum Gasteiger partial charge on any atom is -0.385 e. The van der Waals surface area contributed by atoms with Crippen molar-refractivity contribution in [2.75, 3.05) is 45.4 Å². The number of anilines is 1. The van der Waals surface area contributed by atoms with Crippen molar-refractivity contribution in [2.24, 2.45) is 5.73 Å². The van der Waals surface area contributed by atoms with Gasteiger partial charge in [-0.15, -0.1) is 0 Å². The molecule has 0 unspecified atom stereocenters. The van der Waals surface area contributed by atoms with Crippen molar-refractivity contribution in [3.63, 3.8) is 0 Å². The lowest BCUT2D eigenvalue weighted by molar-refractivity contribution is 0.191. The Morgan fingerprint density at radius 3 is 2.63 bits per heavy atom. The van der Waals surface area contributed by atoms with Crippen molar-refractivity contribution in [1.29, 1.82) is 0 Å². The van der Waals surface area contributed by atoms with Crippen LogP contribution in [0.15, 0.2) is 12.3 Å². The maximum atomic E-state index is 6.34. The number of hydrogen-bond donors (Lipinski definition) is 1. The molecule has 2 N–H and O–H groups in total. The molecule has 0 fully saturated rings. The number of nitrogens with zero attached hydrogens (tertiary/aromatic N) is 2. The van der Waals surface area contributed by atoms with Gasteiger partial charge in [0.25, 0.3) is 0 Å². The molecule has 0 aliphatic rings. The molecule has 0 radical (unpaired) electrons. The second-order valence-corrected chi connectivity index (χ2v) is 4.52. The minimum absolute atomic E-state index is 0.407. The first kappa shape index (κ1) is 16.2. The molecule has 0 bridgehead atoms. The van der Waals surface area contributed by atoms with Gasteiger partial charge in [-0.05, 0) is 18.1 Å². The summed E-state index contributed by atoms with van der Waals surface area (Å²) in [6.45, 7) is 3.29. The van der Waals surface area contributed by atoms with Crippen LogP contribution < -0.4 is 10.6 Å². The van der Waals surface area contributed by atoms with E-state index in [1.807, 2.05) is 6.07 Å². The second kappa shape index (κ2) is 9.09. The summed E-state index contributed by atoms with van der Waals surface area (Å²) in [6.07, 6.45) is 2.64. The molecule has 0 atom stereocenters. The van der Waals surface area contributed by atoms with Gasteiger partial charge in [-0.25, -0.2) is 4.98 Å². The Morgan fingerprint density at radius 2 is 2.00 bits per heavy atom. The Kier molecular flexibility index (Phi) is 7.74. The molecule has 1 aromatic rings. The number of methoxy groups -OCH3 is 2. The zero-order valence-electron chi connectivity index (χ0n) is 11.6. The Bertz CT molecular complexity index is 377. The van der Waals surface area contributed by atoms with E-state index in [1.54, 1.807) is 20.4 Å². The lowest BCUT2D eigenvalue weighted by Crippen LogP contribution is -2.30. The number of ether oxygens (including phenoxy) is 2. The van der Waals surface area contributed by atoms with Crippen LogP contribution in [0, 0.1) is 0 Å². The number of nitrogens with two attached hydrogens (primary N) is 1. The predicted molar refractivity (Wildman–Crippen MR) is 77.7 cm³/mol. The highest BCUT2D eigenvalue weighted by atomic mass is 35.5. The maximum absolute atomic E-state index is 6.34. The summed E-state index contributed by atoms with van der Waals surface area (Å²) in [5.41, 5.74) is 6.57. The summed E-state index contributed by atoms with van der Waals surface area (Å²) < 4.78 is 10.2. The van der Waals surface area contributed by atoms with E-state index >= 15 is 0 Å². The predicted octanol–water partition coefficient (Wildman–Crippen LogP) is 1.68. The molecule has 1 rings (SSSR count). The first-order valence-electron chi connectivity index (χ1n) is 6.30. The molecule has 1 heterocycles.